The topological polar surface area (TPSA) is 69.6 Å². The lowest BCUT2D eigenvalue weighted by atomic mass is 9.93. The van der Waals surface area contributed by atoms with E-state index >= 15 is 0 Å². The predicted molar refractivity (Wildman–Crippen MR) is 81.1 cm³/mol. The van der Waals surface area contributed by atoms with Gasteiger partial charge >= 0.3 is 5.97 Å². The molecule has 1 saturated carbocycles. The van der Waals surface area contributed by atoms with Crippen molar-refractivity contribution >= 4 is 11.9 Å². The highest BCUT2D eigenvalue weighted by Crippen LogP contribution is 2.32. The number of hydrogen-bond donors (Lipinski definition) is 2. The summed E-state index contributed by atoms with van der Waals surface area (Å²) in [6.45, 7) is 2.82. The molecule has 5 heteroatoms. The highest BCUT2D eigenvalue weighted by atomic mass is 16.4. The van der Waals surface area contributed by atoms with Crippen molar-refractivity contribution in [1.29, 1.82) is 0 Å². The van der Waals surface area contributed by atoms with E-state index in [0.717, 1.165) is 19.3 Å². The smallest absolute Gasteiger partial charge is 0.324 e. The Hall–Kier alpha value is -1.10. The van der Waals surface area contributed by atoms with Crippen LogP contribution in [0.2, 0.25) is 0 Å². The first kappa shape index (κ1) is 16.3. The third-order valence-corrected chi connectivity index (χ3v) is 5.16. The summed E-state index contributed by atoms with van der Waals surface area (Å²) in [5.41, 5.74) is -0.833. The maximum Gasteiger partial charge on any atom is 0.324 e. The molecule has 21 heavy (non-hydrogen) atoms. The first-order valence-corrected chi connectivity index (χ1v) is 8.36. The number of likely N-dealkylation sites (tertiary alicyclic amines) is 1. The highest BCUT2D eigenvalue weighted by molar-refractivity contribution is 5.82. The van der Waals surface area contributed by atoms with Gasteiger partial charge in [-0.2, -0.15) is 0 Å². The fourth-order valence-electron chi connectivity index (χ4n) is 3.83. The first-order chi connectivity index (χ1) is 10.1. The van der Waals surface area contributed by atoms with E-state index in [2.05, 4.69) is 5.32 Å². The number of carbonyl (C=O) groups excluding carboxylic acids is 1. The lowest BCUT2D eigenvalue weighted by Gasteiger charge is -2.33. The van der Waals surface area contributed by atoms with Gasteiger partial charge in [-0.25, -0.2) is 0 Å². The summed E-state index contributed by atoms with van der Waals surface area (Å²) in [5, 5.41) is 12.6. The number of nitrogens with one attached hydrogen (secondary N) is 1. The van der Waals surface area contributed by atoms with Crippen molar-refractivity contribution in [2.75, 3.05) is 13.1 Å². The quantitative estimate of drug-likeness (QED) is 0.763. The second-order valence-electron chi connectivity index (χ2n) is 6.47. The molecule has 2 aliphatic rings. The molecule has 0 spiro atoms. The number of carboxylic acids is 1. The van der Waals surface area contributed by atoms with Gasteiger partial charge in [0.05, 0.1) is 6.54 Å². The second kappa shape index (κ2) is 7.25. The molecule has 0 aromatic heterocycles. The van der Waals surface area contributed by atoms with E-state index in [9.17, 15) is 14.7 Å². The van der Waals surface area contributed by atoms with Gasteiger partial charge in [-0.15, -0.1) is 0 Å². The molecule has 2 fully saturated rings. The van der Waals surface area contributed by atoms with Crippen molar-refractivity contribution in [3.63, 3.8) is 0 Å². The Morgan fingerprint density at radius 3 is 2.43 bits per heavy atom. The van der Waals surface area contributed by atoms with E-state index in [4.69, 9.17) is 0 Å². The zero-order chi connectivity index (χ0) is 15.3. The van der Waals surface area contributed by atoms with E-state index in [1.54, 1.807) is 0 Å². The molecule has 0 bridgehead atoms. The molecule has 120 valence electrons. The molecule has 1 aliphatic heterocycles. The Morgan fingerprint density at radius 1 is 1.19 bits per heavy atom. The van der Waals surface area contributed by atoms with Gasteiger partial charge in [-0.3, -0.25) is 14.5 Å². The summed E-state index contributed by atoms with van der Waals surface area (Å²) in [7, 11) is 0. The molecule has 0 aromatic carbocycles. The van der Waals surface area contributed by atoms with Gasteiger partial charge < -0.3 is 10.4 Å². The molecule has 1 heterocycles. The fourth-order valence-corrected chi connectivity index (χ4v) is 3.83. The van der Waals surface area contributed by atoms with Gasteiger partial charge in [0.25, 0.3) is 0 Å². The summed E-state index contributed by atoms with van der Waals surface area (Å²) in [6, 6.07) is 0.281. The molecule has 2 rings (SSSR count). The molecule has 1 aliphatic carbocycles. The Balaban J connectivity index is 1.90. The average molecular weight is 296 g/mol. The van der Waals surface area contributed by atoms with Crippen molar-refractivity contribution in [2.24, 2.45) is 0 Å². The van der Waals surface area contributed by atoms with E-state index < -0.39 is 11.5 Å². The lowest BCUT2D eigenvalue weighted by molar-refractivity contribution is -0.150. The van der Waals surface area contributed by atoms with E-state index in [1.165, 1.54) is 25.7 Å². The van der Waals surface area contributed by atoms with Gasteiger partial charge in [0.1, 0.15) is 5.54 Å². The Bertz CT molecular complexity index is 378. The van der Waals surface area contributed by atoms with Crippen LogP contribution < -0.4 is 5.32 Å². The van der Waals surface area contributed by atoms with Gasteiger partial charge in [0.2, 0.25) is 5.91 Å². The van der Waals surface area contributed by atoms with E-state index in [0.29, 0.717) is 19.4 Å². The number of aliphatic carboxylic acids is 1. The number of rotatable bonds is 5. The van der Waals surface area contributed by atoms with Gasteiger partial charge in [-0.1, -0.05) is 32.6 Å². The molecule has 0 aromatic rings. The molecular weight excluding hydrogens is 268 g/mol. The van der Waals surface area contributed by atoms with Gasteiger partial charge in [0.15, 0.2) is 0 Å². The molecule has 1 amide bonds. The maximum atomic E-state index is 12.3. The summed E-state index contributed by atoms with van der Waals surface area (Å²) >= 11 is 0. The van der Waals surface area contributed by atoms with Crippen LogP contribution in [0.15, 0.2) is 0 Å². The number of carboxylic acid groups (broad SMARTS) is 1. The van der Waals surface area contributed by atoms with E-state index in [1.807, 2.05) is 11.8 Å². The zero-order valence-electron chi connectivity index (χ0n) is 13.1. The Labute approximate surface area is 127 Å². The Morgan fingerprint density at radius 2 is 1.86 bits per heavy atom. The summed E-state index contributed by atoms with van der Waals surface area (Å²) in [4.78, 5) is 25.7. The zero-order valence-corrected chi connectivity index (χ0v) is 13.1. The molecule has 0 radical (unpaired) electrons. The molecule has 1 unspecified atom stereocenters. The number of nitrogens with zero attached hydrogens (tertiary/aromatic N) is 1. The molecule has 1 atom stereocenters. The molecule has 5 nitrogen and oxygen atoms in total. The van der Waals surface area contributed by atoms with Crippen LogP contribution in [0.1, 0.15) is 64.7 Å². The Kier molecular flexibility index (Phi) is 5.62. The molecule has 2 N–H and O–H groups in total. The van der Waals surface area contributed by atoms with Crippen molar-refractivity contribution in [1.82, 2.24) is 10.2 Å². The van der Waals surface area contributed by atoms with Crippen molar-refractivity contribution in [2.45, 2.75) is 76.3 Å². The van der Waals surface area contributed by atoms with Gasteiger partial charge in [0, 0.05) is 6.04 Å². The van der Waals surface area contributed by atoms with Crippen LogP contribution >= 0.6 is 0 Å². The van der Waals surface area contributed by atoms with Crippen molar-refractivity contribution in [3.05, 3.63) is 0 Å². The van der Waals surface area contributed by atoms with Crippen molar-refractivity contribution < 1.29 is 14.7 Å². The van der Waals surface area contributed by atoms with Crippen LogP contribution in [0.25, 0.3) is 0 Å². The van der Waals surface area contributed by atoms with Crippen LogP contribution in [0.4, 0.5) is 0 Å². The average Bonchev–Trinajstić information content (AvgIpc) is 2.68. The van der Waals surface area contributed by atoms with Crippen LogP contribution in [0.5, 0.6) is 0 Å². The second-order valence-corrected chi connectivity index (χ2v) is 6.47. The van der Waals surface area contributed by atoms with Crippen LogP contribution in [-0.4, -0.2) is 46.6 Å². The fraction of sp³-hybridized carbons (Fsp3) is 0.875. The van der Waals surface area contributed by atoms with E-state index in [-0.39, 0.29) is 18.5 Å². The van der Waals surface area contributed by atoms with Crippen LogP contribution in [-0.2, 0) is 9.59 Å². The predicted octanol–water partition coefficient (Wildman–Crippen LogP) is 2.15. The minimum Gasteiger partial charge on any atom is -0.480 e. The normalized spacial score (nSPS) is 28.2. The minimum absolute atomic E-state index is 0.0112. The standard InChI is InChI=1S/C16H28N2O3/c1-2-16(15(20)21)10-7-11-18(16)12-14(19)17-13-8-5-3-4-6-9-13/h13H,2-12H2,1H3,(H,17,19)(H,20,21). The highest BCUT2D eigenvalue weighted by Gasteiger charge is 2.46. The lowest BCUT2D eigenvalue weighted by Crippen LogP contribution is -2.53. The molecule has 1 saturated heterocycles. The number of hydrogen-bond acceptors (Lipinski definition) is 3. The third-order valence-electron chi connectivity index (χ3n) is 5.16. The number of carbonyl (C=O) groups is 2. The summed E-state index contributed by atoms with van der Waals surface area (Å²) < 4.78 is 0. The largest absolute Gasteiger partial charge is 0.480 e. The monoisotopic (exact) mass is 296 g/mol. The first-order valence-electron chi connectivity index (χ1n) is 8.36. The van der Waals surface area contributed by atoms with Crippen LogP contribution in [0, 0.1) is 0 Å². The van der Waals surface area contributed by atoms with Gasteiger partial charge in [-0.05, 0) is 38.6 Å². The summed E-state index contributed by atoms with van der Waals surface area (Å²) in [6.07, 6.45) is 9.07. The number of amides is 1. The minimum atomic E-state index is -0.833. The summed E-state index contributed by atoms with van der Waals surface area (Å²) in [5.74, 6) is -0.798. The maximum absolute atomic E-state index is 12.3. The SMILES string of the molecule is CCC1(C(=O)O)CCCN1CC(=O)NC1CCCCCC1. The van der Waals surface area contributed by atoms with Crippen LogP contribution in [0.3, 0.4) is 0 Å². The van der Waals surface area contributed by atoms with Crippen molar-refractivity contribution in [3.8, 4) is 0 Å². The molecular formula is C16H28N2O3. The third kappa shape index (κ3) is 3.76.